The van der Waals surface area contributed by atoms with Crippen LogP contribution in [0.3, 0.4) is 0 Å². The molecule has 0 spiro atoms. The zero-order valence-electron chi connectivity index (χ0n) is 10.9. The van der Waals surface area contributed by atoms with E-state index in [0.29, 0.717) is 6.42 Å². The third-order valence-corrected chi connectivity index (χ3v) is 3.39. The molecule has 2 aromatic rings. The first-order valence-electron chi connectivity index (χ1n) is 6.43. The summed E-state index contributed by atoms with van der Waals surface area (Å²) in [5, 5.41) is 5.59. The molecule has 94 valence electrons. The van der Waals surface area contributed by atoms with Gasteiger partial charge in [-0.2, -0.15) is 0 Å². The molecule has 0 aliphatic heterocycles. The highest BCUT2D eigenvalue weighted by molar-refractivity contribution is 5.88. The molecule has 0 aromatic heterocycles. The lowest BCUT2D eigenvalue weighted by Crippen LogP contribution is -2.35. The molecule has 0 unspecified atom stereocenters. The Morgan fingerprint density at radius 2 is 1.89 bits per heavy atom. The van der Waals surface area contributed by atoms with E-state index >= 15 is 0 Å². The van der Waals surface area contributed by atoms with Crippen molar-refractivity contribution in [3.05, 3.63) is 48.0 Å². The van der Waals surface area contributed by atoms with E-state index in [4.69, 9.17) is 0 Å². The van der Waals surface area contributed by atoms with E-state index in [9.17, 15) is 4.79 Å². The van der Waals surface area contributed by atoms with Crippen molar-refractivity contribution in [1.29, 1.82) is 0 Å². The van der Waals surface area contributed by atoms with Crippen LogP contribution in [0.1, 0.15) is 18.9 Å². The minimum atomic E-state index is -0.0826. The van der Waals surface area contributed by atoms with Crippen molar-refractivity contribution in [2.24, 2.45) is 0 Å². The molecular formula is C16H19NO. The molecule has 1 atom stereocenters. The number of likely N-dealkylation sites (N-methyl/N-ethyl adjacent to an activating group) is 1. The Hall–Kier alpha value is -1.67. The number of fused-ring (bicyclic) bond motifs is 1. The maximum Gasteiger partial charge on any atom is 0.149 e. The second kappa shape index (κ2) is 5.78. The van der Waals surface area contributed by atoms with Gasteiger partial charge >= 0.3 is 0 Å². The average Bonchev–Trinajstić information content (AvgIpc) is 2.44. The van der Waals surface area contributed by atoms with Crippen LogP contribution in [0.5, 0.6) is 0 Å². The molecule has 2 nitrogen and oxygen atoms in total. The molecular weight excluding hydrogens is 222 g/mol. The van der Waals surface area contributed by atoms with Gasteiger partial charge in [0.2, 0.25) is 0 Å². The summed E-state index contributed by atoms with van der Waals surface area (Å²) in [6.45, 7) is 1.91. The molecule has 18 heavy (non-hydrogen) atoms. The van der Waals surface area contributed by atoms with Crippen LogP contribution in [0.25, 0.3) is 10.8 Å². The normalized spacial score (nSPS) is 12.6. The number of hydrogen-bond acceptors (Lipinski definition) is 2. The van der Waals surface area contributed by atoms with E-state index < -0.39 is 0 Å². The van der Waals surface area contributed by atoms with Crippen LogP contribution in [0.2, 0.25) is 0 Å². The summed E-state index contributed by atoms with van der Waals surface area (Å²) in [6.07, 6.45) is 1.33. The fraction of sp³-hybridized carbons (Fsp3) is 0.312. The smallest absolute Gasteiger partial charge is 0.149 e. The number of hydrogen-bond donors (Lipinski definition) is 1. The van der Waals surface area contributed by atoms with Gasteiger partial charge < -0.3 is 5.32 Å². The summed E-state index contributed by atoms with van der Waals surface area (Å²) in [7, 11) is 1.85. The van der Waals surface area contributed by atoms with Gasteiger partial charge in [0.15, 0.2) is 0 Å². The van der Waals surface area contributed by atoms with E-state index in [-0.39, 0.29) is 11.8 Å². The van der Waals surface area contributed by atoms with Crippen molar-refractivity contribution in [2.45, 2.75) is 25.8 Å². The fourth-order valence-corrected chi connectivity index (χ4v) is 2.31. The van der Waals surface area contributed by atoms with Crippen molar-refractivity contribution >= 4 is 16.6 Å². The highest BCUT2D eigenvalue weighted by Crippen LogP contribution is 2.20. The van der Waals surface area contributed by atoms with E-state index in [2.05, 4.69) is 35.6 Å². The van der Waals surface area contributed by atoms with Crippen LogP contribution in [-0.4, -0.2) is 18.9 Å². The molecule has 2 heteroatoms. The quantitative estimate of drug-likeness (QED) is 0.872. The number of benzene rings is 2. The van der Waals surface area contributed by atoms with Gasteiger partial charge in [0, 0.05) is 6.42 Å². The van der Waals surface area contributed by atoms with Crippen LogP contribution in [-0.2, 0) is 11.2 Å². The summed E-state index contributed by atoms with van der Waals surface area (Å²) >= 11 is 0. The molecule has 0 aliphatic carbocycles. The van der Waals surface area contributed by atoms with E-state index in [0.717, 1.165) is 6.42 Å². The average molecular weight is 241 g/mol. The Kier molecular flexibility index (Phi) is 4.11. The molecule has 0 aliphatic rings. The predicted octanol–water partition coefficient (Wildman–Crippen LogP) is 2.95. The van der Waals surface area contributed by atoms with Gasteiger partial charge in [-0.1, -0.05) is 49.4 Å². The summed E-state index contributed by atoms with van der Waals surface area (Å²) in [5.74, 6) is 0.269. The maximum absolute atomic E-state index is 11.8. The Morgan fingerprint density at radius 3 is 2.61 bits per heavy atom. The Morgan fingerprint density at radius 1 is 1.17 bits per heavy atom. The molecule has 0 saturated heterocycles. The molecule has 2 rings (SSSR count). The lowest BCUT2D eigenvalue weighted by atomic mass is 9.96. The Balaban J connectivity index is 2.33. The van der Waals surface area contributed by atoms with Gasteiger partial charge in [-0.3, -0.25) is 4.79 Å². The summed E-state index contributed by atoms with van der Waals surface area (Å²) in [5.41, 5.74) is 1.23. The lowest BCUT2D eigenvalue weighted by molar-refractivity contribution is -0.120. The number of Topliss-reactive ketones (excluding diaryl/α,β-unsaturated/α-hetero) is 1. The number of ketones is 1. The van der Waals surface area contributed by atoms with Gasteiger partial charge in [-0.15, -0.1) is 0 Å². The molecule has 1 N–H and O–H groups in total. The van der Waals surface area contributed by atoms with E-state index in [1.54, 1.807) is 0 Å². The van der Waals surface area contributed by atoms with E-state index in [1.165, 1.54) is 16.3 Å². The van der Waals surface area contributed by atoms with Gasteiger partial charge in [0.05, 0.1) is 6.04 Å². The summed E-state index contributed by atoms with van der Waals surface area (Å²) in [6, 6.07) is 14.5. The molecule has 0 amide bonds. The second-order valence-electron chi connectivity index (χ2n) is 4.50. The molecule has 0 saturated carbocycles. The van der Waals surface area contributed by atoms with Crippen LogP contribution >= 0.6 is 0 Å². The summed E-state index contributed by atoms with van der Waals surface area (Å²) in [4.78, 5) is 11.8. The molecule has 0 bridgehead atoms. The minimum Gasteiger partial charge on any atom is -0.310 e. The Labute approximate surface area is 108 Å². The first-order chi connectivity index (χ1) is 8.76. The standard InChI is InChI=1S/C16H19NO/c1-3-16(18)15(17-2)11-13-9-6-8-12-7-4-5-10-14(12)13/h4-10,15,17H,3,11H2,1-2H3/t15-/m0/s1. The van der Waals surface area contributed by atoms with Crippen molar-refractivity contribution in [1.82, 2.24) is 5.32 Å². The van der Waals surface area contributed by atoms with Crippen LogP contribution < -0.4 is 5.32 Å². The van der Waals surface area contributed by atoms with Crippen molar-refractivity contribution < 1.29 is 4.79 Å². The fourth-order valence-electron chi connectivity index (χ4n) is 2.31. The first-order valence-corrected chi connectivity index (χ1v) is 6.43. The predicted molar refractivity (Wildman–Crippen MR) is 75.8 cm³/mol. The van der Waals surface area contributed by atoms with Crippen LogP contribution in [0, 0.1) is 0 Å². The highest BCUT2D eigenvalue weighted by atomic mass is 16.1. The highest BCUT2D eigenvalue weighted by Gasteiger charge is 2.15. The SMILES string of the molecule is CCC(=O)[C@H](Cc1cccc2ccccc12)NC. The van der Waals surface area contributed by atoms with E-state index in [1.807, 2.05) is 26.1 Å². The topological polar surface area (TPSA) is 29.1 Å². The Bertz CT molecular complexity index is 542. The third kappa shape index (κ3) is 2.59. The number of carbonyl (C=O) groups excluding carboxylic acids is 1. The number of carbonyl (C=O) groups is 1. The molecule has 0 fully saturated rings. The molecule has 0 radical (unpaired) electrons. The lowest BCUT2D eigenvalue weighted by Gasteiger charge is -2.15. The third-order valence-electron chi connectivity index (χ3n) is 3.39. The first kappa shape index (κ1) is 12.8. The van der Waals surface area contributed by atoms with Gasteiger partial charge in [0.1, 0.15) is 5.78 Å². The molecule has 0 heterocycles. The monoisotopic (exact) mass is 241 g/mol. The van der Waals surface area contributed by atoms with Gasteiger partial charge in [-0.25, -0.2) is 0 Å². The van der Waals surface area contributed by atoms with Crippen molar-refractivity contribution in [3.63, 3.8) is 0 Å². The number of nitrogens with one attached hydrogen (secondary N) is 1. The number of rotatable bonds is 5. The van der Waals surface area contributed by atoms with Crippen molar-refractivity contribution in [2.75, 3.05) is 7.05 Å². The van der Waals surface area contributed by atoms with Gasteiger partial charge in [-0.05, 0) is 29.8 Å². The maximum atomic E-state index is 11.8. The summed E-state index contributed by atoms with van der Waals surface area (Å²) < 4.78 is 0. The van der Waals surface area contributed by atoms with Crippen LogP contribution in [0.4, 0.5) is 0 Å². The second-order valence-corrected chi connectivity index (χ2v) is 4.50. The molecule has 2 aromatic carbocycles. The zero-order chi connectivity index (χ0) is 13.0. The van der Waals surface area contributed by atoms with Crippen molar-refractivity contribution in [3.8, 4) is 0 Å². The van der Waals surface area contributed by atoms with Crippen LogP contribution in [0.15, 0.2) is 42.5 Å². The minimum absolute atomic E-state index is 0.0826. The van der Waals surface area contributed by atoms with Gasteiger partial charge in [0.25, 0.3) is 0 Å². The zero-order valence-corrected chi connectivity index (χ0v) is 10.9. The largest absolute Gasteiger partial charge is 0.310 e.